The molecule has 0 spiro atoms. The maximum atomic E-state index is 12.2. The second-order valence-corrected chi connectivity index (χ2v) is 7.25. The summed E-state index contributed by atoms with van der Waals surface area (Å²) in [5.41, 5.74) is 1.00. The number of amides is 2. The number of nitrogens with one attached hydrogen (secondary N) is 1. The molecule has 0 saturated carbocycles. The van der Waals surface area contributed by atoms with Crippen LogP contribution in [0.1, 0.15) is 49.2 Å². The molecule has 0 radical (unpaired) electrons. The van der Waals surface area contributed by atoms with Crippen LogP contribution in [-0.2, 0) is 22.6 Å². The van der Waals surface area contributed by atoms with E-state index >= 15 is 0 Å². The number of furan rings is 1. The van der Waals surface area contributed by atoms with E-state index in [0.29, 0.717) is 43.6 Å². The van der Waals surface area contributed by atoms with Crippen molar-refractivity contribution in [2.24, 2.45) is 5.92 Å². The number of carbonyl (C=O) groups excluding carboxylic acids is 2. The van der Waals surface area contributed by atoms with Gasteiger partial charge < -0.3 is 23.9 Å². The van der Waals surface area contributed by atoms with Crippen molar-refractivity contribution in [3.05, 3.63) is 47.7 Å². The van der Waals surface area contributed by atoms with Crippen LogP contribution in [0, 0.1) is 5.92 Å². The molecule has 0 fully saturated rings. The summed E-state index contributed by atoms with van der Waals surface area (Å²) in [6.07, 6.45) is 2.82. The maximum Gasteiger partial charge on any atom is 0.287 e. The fraction of sp³-hybridized carbons (Fsp3) is 0.524. The average molecular weight is 389 g/mol. The third kappa shape index (κ3) is 6.27. The Kier molecular flexibility index (Phi) is 8.32. The van der Waals surface area contributed by atoms with Crippen LogP contribution < -0.4 is 5.32 Å². The normalized spacial score (nSPS) is 11.0. The minimum atomic E-state index is -0.202. The Labute approximate surface area is 166 Å². The molecule has 0 bridgehead atoms. The van der Waals surface area contributed by atoms with Crippen LogP contribution in [0.25, 0.3) is 0 Å². The zero-order chi connectivity index (χ0) is 20.5. The van der Waals surface area contributed by atoms with Crippen LogP contribution in [0.5, 0.6) is 0 Å². The van der Waals surface area contributed by atoms with E-state index < -0.39 is 0 Å². The van der Waals surface area contributed by atoms with Gasteiger partial charge in [-0.1, -0.05) is 20.8 Å². The Hall–Kier alpha value is -2.54. The molecule has 0 aromatic carbocycles. The van der Waals surface area contributed by atoms with Crippen molar-refractivity contribution in [2.75, 3.05) is 26.8 Å². The summed E-state index contributed by atoms with van der Waals surface area (Å²) in [5, 5.41) is 2.85. The van der Waals surface area contributed by atoms with E-state index in [2.05, 4.69) is 5.32 Å². The third-order valence-electron chi connectivity index (χ3n) is 4.27. The molecule has 2 amide bonds. The number of methoxy groups -OCH3 is 1. The van der Waals surface area contributed by atoms with Crippen LogP contribution in [0.4, 0.5) is 0 Å². The number of hydrogen-bond donors (Lipinski definition) is 1. The van der Waals surface area contributed by atoms with Crippen LogP contribution in [0.15, 0.2) is 34.9 Å². The highest BCUT2D eigenvalue weighted by Gasteiger charge is 2.16. The predicted molar refractivity (Wildman–Crippen MR) is 107 cm³/mol. The molecule has 0 saturated heterocycles. The third-order valence-corrected chi connectivity index (χ3v) is 4.27. The van der Waals surface area contributed by atoms with Gasteiger partial charge in [0.25, 0.3) is 5.91 Å². The molecule has 0 aliphatic heterocycles. The van der Waals surface area contributed by atoms with Gasteiger partial charge in [-0.05, 0) is 36.6 Å². The largest absolute Gasteiger partial charge is 0.454 e. The van der Waals surface area contributed by atoms with Crippen LogP contribution >= 0.6 is 0 Å². The molecule has 2 heterocycles. The summed E-state index contributed by atoms with van der Waals surface area (Å²) in [5.74, 6) is 1.16. The minimum Gasteiger partial charge on any atom is -0.454 e. The van der Waals surface area contributed by atoms with Crippen LogP contribution in [-0.4, -0.2) is 48.1 Å². The fourth-order valence-corrected chi connectivity index (χ4v) is 2.86. The summed E-state index contributed by atoms with van der Waals surface area (Å²) in [6, 6.07) is 7.44. The number of hydrogen-bond acceptors (Lipinski definition) is 4. The number of aromatic nitrogens is 1. The smallest absolute Gasteiger partial charge is 0.287 e. The highest BCUT2D eigenvalue weighted by molar-refractivity contribution is 5.91. The highest BCUT2D eigenvalue weighted by Crippen LogP contribution is 2.14. The Balaban J connectivity index is 2.03. The molecule has 0 unspecified atom stereocenters. The molecule has 2 rings (SSSR count). The summed E-state index contributed by atoms with van der Waals surface area (Å²) >= 11 is 0. The summed E-state index contributed by atoms with van der Waals surface area (Å²) < 4.78 is 12.7. The first kappa shape index (κ1) is 21.8. The second kappa shape index (κ2) is 10.7. The number of rotatable bonds is 11. The molecule has 154 valence electrons. The summed E-state index contributed by atoms with van der Waals surface area (Å²) in [7, 11) is 1.52. The molecule has 1 N–H and O–H groups in total. The lowest BCUT2D eigenvalue weighted by molar-refractivity contribution is -0.135. The standard InChI is InChI=1S/C21H31N3O4/c1-5-10-24(20(25)15-27-4)13-17-7-6-11-23(17)14-18-8-9-19(28-18)21(26)22-12-16(2)3/h6-9,11,16H,5,10,12-15H2,1-4H3,(H,22,26). The van der Waals surface area contributed by atoms with Gasteiger partial charge in [0.1, 0.15) is 12.4 Å². The van der Waals surface area contributed by atoms with Gasteiger partial charge >= 0.3 is 0 Å². The molecule has 7 nitrogen and oxygen atoms in total. The molecule has 2 aromatic heterocycles. The lowest BCUT2D eigenvalue weighted by Crippen LogP contribution is -2.34. The number of carbonyl (C=O) groups is 2. The Bertz CT molecular complexity index is 763. The van der Waals surface area contributed by atoms with Crippen LogP contribution in [0.2, 0.25) is 0 Å². The molecule has 7 heteroatoms. The van der Waals surface area contributed by atoms with Gasteiger partial charge in [0.2, 0.25) is 5.91 Å². The first-order valence-electron chi connectivity index (χ1n) is 9.72. The van der Waals surface area contributed by atoms with E-state index in [1.807, 2.05) is 49.7 Å². The van der Waals surface area contributed by atoms with Crippen molar-refractivity contribution >= 4 is 11.8 Å². The van der Waals surface area contributed by atoms with E-state index in [4.69, 9.17) is 9.15 Å². The van der Waals surface area contributed by atoms with Crippen molar-refractivity contribution in [1.29, 1.82) is 0 Å². The number of ether oxygens (including phenoxy) is 1. The predicted octanol–water partition coefficient (Wildman–Crippen LogP) is 2.90. The van der Waals surface area contributed by atoms with Gasteiger partial charge in [0.15, 0.2) is 5.76 Å². The minimum absolute atomic E-state index is 0.0285. The first-order chi connectivity index (χ1) is 13.4. The molecule has 2 aromatic rings. The summed E-state index contributed by atoms with van der Waals surface area (Å²) in [6.45, 7) is 8.49. The lowest BCUT2D eigenvalue weighted by Gasteiger charge is -2.22. The summed E-state index contributed by atoms with van der Waals surface area (Å²) in [4.78, 5) is 26.2. The Morgan fingerprint density at radius 3 is 2.75 bits per heavy atom. The topological polar surface area (TPSA) is 76.7 Å². The highest BCUT2D eigenvalue weighted by atomic mass is 16.5. The van der Waals surface area contributed by atoms with Crippen molar-refractivity contribution in [1.82, 2.24) is 14.8 Å². The molecular formula is C21H31N3O4. The van der Waals surface area contributed by atoms with Crippen LogP contribution in [0.3, 0.4) is 0 Å². The zero-order valence-corrected chi connectivity index (χ0v) is 17.2. The second-order valence-electron chi connectivity index (χ2n) is 7.25. The molecule has 0 aliphatic carbocycles. The van der Waals surface area contributed by atoms with Gasteiger partial charge in [-0.15, -0.1) is 0 Å². The van der Waals surface area contributed by atoms with Gasteiger partial charge in [0, 0.05) is 32.1 Å². The molecular weight excluding hydrogens is 358 g/mol. The zero-order valence-electron chi connectivity index (χ0n) is 17.2. The quantitative estimate of drug-likeness (QED) is 0.641. The average Bonchev–Trinajstić information content (AvgIpc) is 3.29. The van der Waals surface area contributed by atoms with Crippen molar-refractivity contribution in [3.8, 4) is 0 Å². The Morgan fingerprint density at radius 1 is 1.29 bits per heavy atom. The van der Waals surface area contributed by atoms with Crippen molar-refractivity contribution in [2.45, 2.75) is 40.3 Å². The molecule has 28 heavy (non-hydrogen) atoms. The van der Waals surface area contributed by atoms with E-state index in [0.717, 1.165) is 12.1 Å². The maximum absolute atomic E-state index is 12.2. The molecule has 0 aliphatic rings. The Morgan fingerprint density at radius 2 is 2.07 bits per heavy atom. The molecule has 0 atom stereocenters. The lowest BCUT2D eigenvalue weighted by atomic mass is 10.2. The van der Waals surface area contributed by atoms with Gasteiger partial charge in [-0.2, -0.15) is 0 Å². The fourth-order valence-electron chi connectivity index (χ4n) is 2.86. The van der Waals surface area contributed by atoms with Gasteiger partial charge in [-0.25, -0.2) is 0 Å². The monoisotopic (exact) mass is 389 g/mol. The van der Waals surface area contributed by atoms with Crippen molar-refractivity contribution < 1.29 is 18.7 Å². The van der Waals surface area contributed by atoms with Crippen molar-refractivity contribution in [3.63, 3.8) is 0 Å². The number of nitrogens with zero attached hydrogens (tertiary/aromatic N) is 2. The SMILES string of the molecule is CCCN(Cc1cccn1Cc1ccc(C(=O)NCC(C)C)o1)C(=O)COC. The van der Waals surface area contributed by atoms with Gasteiger partial charge in [0.05, 0.1) is 13.1 Å². The van der Waals surface area contributed by atoms with E-state index in [9.17, 15) is 9.59 Å². The van der Waals surface area contributed by atoms with E-state index in [1.165, 1.54) is 7.11 Å². The van der Waals surface area contributed by atoms with Gasteiger partial charge in [-0.3, -0.25) is 9.59 Å². The van der Waals surface area contributed by atoms with E-state index in [-0.39, 0.29) is 18.4 Å². The van der Waals surface area contributed by atoms with E-state index in [1.54, 1.807) is 11.0 Å². The first-order valence-corrected chi connectivity index (χ1v) is 9.72.